The van der Waals surface area contributed by atoms with Crippen molar-refractivity contribution in [3.63, 3.8) is 0 Å². The largest absolute Gasteiger partial charge is 0.398 e. The molecule has 0 spiro atoms. The average Bonchev–Trinajstić information content (AvgIpc) is 2.81. The van der Waals surface area contributed by atoms with Gasteiger partial charge >= 0.3 is 0 Å². The van der Waals surface area contributed by atoms with Crippen molar-refractivity contribution in [2.45, 2.75) is 25.8 Å². The summed E-state index contributed by atoms with van der Waals surface area (Å²) in [5, 5.41) is 3.25. The molecule has 5 heteroatoms. The Kier molecular flexibility index (Phi) is 3.66. The molecule has 1 saturated heterocycles. The minimum absolute atomic E-state index is 0.0554. The molecule has 0 bridgehead atoms. The summed E-state index contributed by atoms with van der Waals surface area (Å²) in [5.41, 5.74) is 8.41. The first-order valence-corrected chi connectivity index (χ1v) is 6.46. The lowest BCUT2D eigenvalue weighted by atomic mass is 10.1. The summed E-state index contributed by atoms with van der Waals surface area (Å²) >= 11 is 6.07. The number of nitrogens with zero attached hydrogens (tertiary/aromatic N) is 1. The Morgan fingerprint density at radius 3 is 2.94 bits per heavy atom. The highest BCUT2D eigenvalue weighted by atomic mass is 35.5. The number of carbonyl (C=O) groups excluding carboxylic acids is 1. The van der Waals surface area contributed by atoms with E-state index in [0.29, 0.717) is 10.7 Å². The Bertz CT molecular complexity index is 476. The van der Waals surface area contributed by atoms with Crippen LogP contribution >= 0.6 is 11.6 Å². The minimum Gasteiger partial charge on any atom is -0.398 e. The second-order valence-corrected chi connectivity index (χ2v) is 5.03. The van der Waals surface area contributed by atoms with Crippen molar-refractivity contribution < 1.29 is 4.79 Å². The molecule has 0 saturated carbocycles. The van der Waals surface area contributed by atoms with E-state index in [1.807, 2.05) is 19.1 Å². The van der Waals surface area contributed by atoms with E-state index in [2.05, 4.69) is 10.2 Å². The molecule has 1 heterocycles. The monoisotopic (exact) mass is 267 g/mol. The fourth-order valence-corrected chi connectivity index (χ4v) is 2.65. The van der Waals surface area contributed by atoms with Gasteiger partial charge in [-0.05, 0) is 37.5 Å². The van der Waals surface area contributed by atoms with Crippen molar-refractivity contribution >= 4 is 28.9 Å². The number of likely N-dealkylation sites (N-methyl/N-ethyl adjacent to an activating group) is 1. The molecule has 1 aromatic carbocycles. The van der Waals surface area contributed by atoms with Gasteiger partial charge in [-0.1, -0.05) is 11.6 Å². The predicted octanol–water partition coefficient (Wildman–Crippen LogP) is 1.95. The van der Waals surface area contributed by atoms with Crippen LogP contribution in [0.25, 0.3) is 0 Å². The molecular weight excluding hydrogens is 250 g/mol. The Morgan fingerprint density at radius 2 is 2.28 bits per heavy atom. The van der Waals surface area contributed by atoms with Crippen LogP contribution in [0.1, 0.15) is 18.4 Å². The molecule has 0 aromatic heterocycles. The van der Waals surface area contributed by atoms with Crippen molar-refractivity contribution in [3.05, 3.63) is 22.7 Å². The van der Waals surface area contributed by atoms with Crippen LogP contribution in [0.15, 0.2) is 12.1 Å². The zero-order valence-corrected chi connectivity index (χ0v) is 11.4. The number of nitrogen functional groups attached to an aromatic ring is 1. The van der Waals surface area contributed by atoms with Crippen molar-refractivity contribution in [1.29, 1.82) is 0 Å². The van der Waals surface area contributed by atoms with E-state index >= 15 is 0 Å². The maximum Gasteiger partial charge on any atom is 0.242 e. The number of rotatable bonds is 2. The topological polar surface area (TPSA) is 58.4 Å². The fourth-order valence-electron chi connectivity index (χ4n) is 2.50. The molecule has 3 N–H and O–H groups in total. The number of halogens is 1. The van der Waals surface area contributed by atoms with Crippen LogP contribution in [0.2, 0.25) is 5.02 Å². The second-order valence-electron chi connectivity index (χ2n) is 4.63. The van der Waals surface area contributed by atoms with Gasteiger partial charge in [-0.15, -0.1) is 0 Å². The van der Waals surface area contributed by atoms with Crippen LogP contribution in [0.4, 0.5) is 11.4 Å². The molecule has 2 rings (SSSR count). The van der Waals surface area contributed by atoms with Gasteiger partial charge in [0, 0.05) is 19.3 Å². The lowest BCUT2D eigenvalue weighted by Gasteiger charge is -2.27. The maximum atomic E-state index is 11.9. The Morgan fingerprint density at radius 1 is 1.56 bits per heavy atom. The van der Waals surface area contributed by atoms with Gasteiger partial charge in [-0.3, -0.25) is 4.79 Å². The Balaban J connectivity index is 2.36. The van der Waals surface area contributed by atoms with Crippen molar-refractivity contribution in [1.82, 2.24) is 5.32 Å². The number of hydrogen-bond acceptors (Lipinski definition) is 3. The van der Waals surface area contributed by atoms with Gasteiger partial charge in [-0.2, -0.15) is 0 Å². The molecule has 0 radical (unpaired) electrons. The molecular formula is C13H18ClN3O. The van der Waals surface area contributed by atoms with Crippen molar-refractivity contribution in [2.24, 2.45) is 0 Å². The van der Waals surface area contributed by atoms with E-state index in [9.17, 15) is 4.79 Å². The van der Waals surface area contributed by atoms with Gasteiger partial charge in [-0.25, -0.2) is 0 Å². The van der Waals surface area contributed by atoms with Crippen LogP contribution in [-0.4, -0.2) is 25.5 Å². The predicted molar refractivity (Wildman–Crippen MR) is 75.0 cm³/mol. The molecule has 1 fully saturated rings. The third-order valence-electron chi connectivity index (χ3n) is 3.43. The molecule has 1 aliphatic rings. The summed E-state index contributed by atoms with van der Waals surface area (Å²) in [6, 6.07) is 3.61. The van der Waals surface area contributed by atoms with E-state index < -0.39 is 0 Å². The summed E-state index contributed by atoms with van der Waals surface area (Å²) in [4.78, 5) is 14.0. The van der Waals surface area contributed by atoms with Crippen molar-refractivity contribution in [3.8, 4) is 0 Å². The molecule has 1 aromatic rings. The van der Waals surface area contributed by atoms with Crippen LogP contribution in [-0.2, 0) is 4.79 Å². The molecule has 18 heavy (non-hydrogen) atoms. The quantitative estimate of drug-likeness (QED) is 0.805. The number of nitrogens with one attached hydrogen (secondary N) is 1. The standard InChI is InChI=1S/C13H18ClN3O/c1-8-6-10(15)9(14)7-12(8)17-5-3-4-11(17)13(18)16-2/h6-7,11H,3-5,15H2,1-2H3,(H,16,18). The lowest BCUT2D eigenvalue weighted by Crippen LogP contribution is -2.42. The zero-order chi connectivity index (χ0) is 13.3. The Labute approximate surface area is 112 Å². The van der Waals surface area contributed by atoms with E-state index in [1.54, 1.807) is 7.05 Å². The van der Waals surface area contributed by atoms with Gasteiger partial charge in [0.2, 0.25) is 5.91 Å². The number of benzene rings is 1. The smallest absolute Gasteiger partial charge is 0.242 e. The third-order valence-corrected chi connectivity index (χ3v) is 3.75. The zero-order valence-electron chi connectivity index (χ0n) is 10.7. The molecule has 98 valence electrons. The molecule has 0 aliphatic carbocycles. The molecule has 1 aliphatic heterocycles. The lowest BCUT2D eigenvalue weighted by molar-refractivity contribution is -0.121. The van der Waals surface area contributed by atoms with Crippen LogP contribution < -0.4 is 16.0 Å². The van der Waals surface area contributed by atoms with Crippen LogP contribution in [0.5, 0.6) is 0 Å². The fraction of sp³-hybridized carbons (Fsp3) is 0.462. The number of nitrogens with two attached hydrogens (primary N) is 1. The van der Waals surface area contributed by atoms with Crippen LogP contribution in [0.3, 0.4) is 0 Å². The first-order valence-electron chi connectivity index (χ1n) is 6.08. The minimum atomic E-state index is -0.103. The molecule has 1 unspecified atom stereocenters. The number of carbonyl (C=O) groups is 1. The van der Waals surface area contributed by atoms with Gasteiger partial charge in [0.25, 0.3) is 0 Å². The van der Waals surface area contributed by atoms with E-state index in [0.717, 1.165) is 30.6 Å². The number of aryl methyl sites for hydroxylation is 1. The summed E-state index contributed by atoms with van der Waals surface area (Å²) in [6.07, 6.45) is 1.89. The SMILES string of the molecule is CNC(=O)C1CCCN1c1cc(Cl)c(N)cc1C. The summed E-state index contributed by atoms with van der Waals surface area (Å²) < 4.78 is 0. The number of amides is 1. The van der Waals surface area contributed by atoms with Gasteiger partial charge < -0.3 is 16.0 Å². The molecule has 1 atom stereocenters. The summed E-state index contributed by atoms with van der Waals surface area (Å²) in [5.74, 6) is 0.0554. The van der Waals surface area contributed by atoms with Crippen molar-refractivity contribution in [2.75, 3.05) is 24.2 Å². The van der Waals surface area contributed by atoms with Gasteiger partial charge in [0.1, 0.15) is 6.04 Å². The first kappa shape index (κ1) is 13.0. The highest BCUT2D eigenvalue weighted by Gasteiger charge is 2.31. The summed E-state index contributed by atoms with van der Waals surface area (Å²) in [7, 11) is 1.67. The summed E-state index contributed by atoms with van der Waals surface area (Å²) in [6.45, 7) is 2.86. The number of anilines is 2. The van der Waals surface area contributed by atoms with Gasteiger partial charge in [0.05, 0.1) is 10.7 Å². The Hall–Kier alpha value is -1.42. The third kappa shape index (κ3) is 2.25. The van der Waals surface area contributed by atoms with E-state index in [-0.39, 0.29) is 11.9 Å². The van der Waals surface area contributed by atoms with E-state index in [1.165, 1.54) is 0 Å². The second kappa shape index (κ2) is 5.06. The normalized spacial score (nSPS) is 19.1. The van der Waals surface area contributed by atoms with Gasteiger partial charge in [0.15, 0.2) is 0 Å². The molecule has 1 amide bonds. The number of hydrogen-bond donors (Lipinski definition) is 2. The first-order chi connectivity index (χ1) is 8.54. The highest BCUT2D eigenvalue weighted by molar-refractivity contribution is 6.33. The van der Waals surface area contributed by atoms with Crippen LogP contribution in [0, 0.1) is 6.92 Å². The average molecular weight is 268 g/mol. The molecule has 4 nitrogen and oxygen atoms in total. The van der Waals surface area contributed by atoms with E-state index in [4.69, 9.17) is 17.3 Å². The highest BCUT2D eigenvalue weighted by Crippen LogP contribution is 2.33. The maximum absolute atomic E-state index is 11.9.